The molecule has 9 heteroatoms. The van der Waals surface area contributed by atoms with Crippen LogP contribution in [0.1, 0.15) is 57.1 Å². The Morgan fingerprint density at radius 1 is 1.44 bits per heavy atom. The van der Waals surface area contributed by atoms with E-state index in [1.807, 2.05) is 4.68 Å². The lowest BCUT2D eigenvalue weighted by atomic mass is 9.98. The van der Waals surface area contributed by atoms with Crippen molar-refractivity contribution in [2.75, 3.05) is 13.1 Å². The standard InChI is InChI=1S/C16H25N7O2/c1-11-20-14(25-21-11)12-6-5-7-22(9-12)15(24)17-8-13-18-10-19-23(13)16(2,3)4/h10,12H,5-9H2,1-4H3,(H,17,24). The molecular weight excluding hydrogens is 322 g/mol. The zero-order valence-corrected chi connectivity index (χ0v) is 15.2. The highest BCUT2D eigenvalue weighted by molar-refractivity contribution is 5.74. The summed E-state index contributed by atoms with van der Waals surface area (Å²) in [4.78, 5) is 22.9. The number of piperidine rings is 1. The molecule has 2 aromatic heterocycles. The molecule has 3 heterocycles. The van der Waals surface area contributed by atoms with Crippen molar-refractivity contribution in [2.45, 2.75) is 58.5 Å². The second-order valence-electron chi connectivity index (χ2n) is 7.38. The molecule has 0 saturated carbocycles. The topological polar surface area (TPSA) is 102 Å². The zero-order valence-electron chi connectivity index (χ0n) is 15.2. The fourth-order valence-electron chi connectivity index (χ4n) is 3.05. The normalized spacial score (nSPS) is 18.4. The predicted octanol–water partition coefficient (Wildman–Crippen LogP) is 1.81. The van der Waals surface area contributed by atoms with Crippen molar-refractivity contribution in [2.24, 2.45) is 0 Å². The minimum atomic E-state index is -0.178. The van der Waals surface area contributed by atoms with E-state index >= 15 is 0 Å². The Balaban J connectivity index is 1.59. The average molecular weight is 347 g/mol. The Morgan fingerprint density at radius 2 is 2.24 bits per heavy atom. The largest absolute Gasteiger partial charge is 0.339 e. The van der Waals surface area contributed by atoms with Gasteiger partial charge in [-0.3, -0.25) is 0 Å². The van der Waals surface area contributed by atoms with E-state index in [1.165, 1.54) is 6.33 Å². The van der Waals surface area contributed by atoms with E-state index in [-0.39, 0.29) is 17.5 Å². The Bertz CT molecular complexity index is 731. The van der Waals surface area contributed by atoms with Crippen molar-refractivity contribution in [3.63, 3.8) is 0 Å². The SMILES string of the molecule is Cc1noc(C2CCCN(C(=O)NCc3ncnn3C(C)(C)C)C2)n1. The second-order valence-corrected chi connectivity index (χ2v) is 7.38. The Labute approximate surface area is 146 Å². The molecule has 1 atom stereocenters. The molecule has 2 amide bonds. The number of urea groups is 1. The van der Waals surface area contributed by atoms with E-state index in [0.717, 1.165) is 25.2 Å². The molecule has 136 valence electrons. The smallest absolute Gasteiger partial charge is 0.317 e. The molecule has 0 bridgehead atoms. The summed E-state index contributed by atoms with van der Waals surface area (Å²) in [6.07, 6.45) is 3.38. The van der Waals surface area contributed by atoms with Gasteiger partial charge in [-0.15, -0.1) is 0 Å². The Morgan fingerprint density at radius 3 is 2.92 bits per heavy atom. The lowest BCUT2D eigenvalue weighted by Gasteiger charge is -2.31. The number of nitrogens with zero attached hydrogens (tertiary/aromatic N) is 6. The van der Waals surface area contributed by atoms with Gasteiger partial charge >= 0.3 is 6.03 Å². The van der Waals surface area contributed by atoms with Crippen LogP contribution in [0.4, 0.5) is 4.79 Å². The molecule has 2 aromatic rings. The molecule has 9 nitrogen and oxygen atoms in total. The average Bonchev–Trinajstić information content (AvgIpc) is 3.21. The molecule has 1 aliphatic rings. The van der Waals surface area contributed by atoms with Crippen LogP contribution in [0, 0.1) is 6.92 Å². The van der Waals surface area contributed by atoms with Crippen LogP contribution in [0.2, 0.25) is 0 Å². The van der Waals surface area contributed by atoms with Gasteiger partial charge in [-0.1, -0.05) is 5.16 Å². The first-order valence-corrected chi connectivity index (χ1v) is 8.57. The summed E-state index contributed by atoms with van der Waals surface area (Å²) < 4.78 is 7.09. The van der Waals surface area contributed by atoms with E-state index < -0.39 is 0 Å². The first-order valence-electron chi connectivity index (χ1n) is 8.57. The molecule has 25 heavy (non-hydrogen) atoms. The van der Waals surface area contributed by atoms with Crippen molar-refractivity contribution in [3.8, 4) is 0 Å². The van der Waals surface area contributed by atoms with Crippen LogP contribution in [-0.2, 0) is 12.1 Å². The molecule has 1 N–H and O–H groups in total. The molecule has 0 radical (unpaired) electrons. The van der Waals surface area contributed by atoms with Crippen molar-refractivity contribution in [1.29, 1.82) is 0 Å². The van der Waals surface area contributed by atoms with E-state index in [1.54, 1.807) is 11.8 Å². The molecule has 1 unspecified atom stereocenters. The van der Waals surface area contributed by atoms with Gasteiger partial charge in [0.25, 0.3) is 0 Å². The predicted molar refractivity (Wildman–Crippen MR) is 89.8 cm³/mol. The summed E-state index contributed by atoms with van der Waals surface area (Å²) in [6, 6.07) is -0.107. The first-order chi connectivity index (χ1) is 11.8. The minimum Gasteiger partial charge on any atom is -0.339 e. The molecular formula is C16H25N7O2. The van der Waals surface area contributed by atoms with Gasteiger partial charge in [0.2, 0.25) is 5.89 Å². The molecule has 0 spiro atoms. The lowest BCUT2D eigenvalue weighted by Crippen LogP contribution is -2.45. The number of amides is 2. The van der Waals surface area contributed by atoms with Crippen molar-refractivity contribution in [1.82, 2.24) is 35.1 Å². The van der Waals surface area contributed by atoms with Gasteiger partial charge < -0.3 is 14.7 Å². The monoisotopic (exact) mass is 347 g/mol. The Kier molecular flexibility index (Phi) is 4.73. The highest BCUT2D eigenvalue weighted by atomic mass is 16.5. The van der Waals surface area contributed by atoms with Crippen LogP contribution in [0.3, 0.4) is 0 Å². The summed E-state index contributed by atoms with van der Waals surface area (Å²) in [5, 5.41) is 11.0. The van der Waals surface area contributed by atoms with Gasteiger partial charge in [0.05, 0.1) is 18.0 Å². The van der Waals surface area contributed by atoms with E-state index in [2.05, 4.69) is 46.3 Å². The quantitative estimate of drug-likeness (QED) is 0.908. The number of rotatable bonds is 3. The molecule has 1 aliphatic heterocycles. The van der Waals surface area contributed by atoms with Gasteiger partial charge in [-0.05, 0) is 40.5 Å². The third-order valence-electron chi connectivity index (χ3n) is 4.25. The van der Waals surface area contributed by atoms with Crippen molar-refractivity contribution < 1.29 is 9.32 Å². The van der Waals surface area contributed by atoms with E-state index in [4.69, 9.17) is 4.52 Å². The van der Waals surface area contributed by atoms with Gasteiger partial charge in [0.1, 0.15) is 12.2 Å². The number of hydrogen-bond donors (Lipinski definition) is 1. The van der Waals surface area contributed by atoms with Gasteiger partial charge in [-0.2, -0.15) is 10.1 Å². The lowest BCUT2D eigenvalue weighted by molar-refractivity contribution is 0.171. The number of aryl methyl sites for hydroxylation is 1. The zero-order chi connectivity index (χ0) is 18.0. The van der Waals surface area contributed by atoms with Crippen LogP contribution < -0.4 is 5.32 Å². The van der Waals surface area contributed by atoms with Crippen LogP contribution in [0.5, 0.6) is 0 Å². The summed E-state index contributed by atoms with van der Waals surface area (Å²) in [6.45, 7) is 9.60. The van der Waals surface area contributed by atoms with Gasteiger partial charge in [-0.25, -0.2) is 14.5 Å². The number of aromatic nitrogens is 5. The summed E-state index contributed by atoms with van der Waals surface area (Å²) in [5.41, 5.74) is -0.178. The maximum atomic E-state index is 12.5. The fourth-order valence-corrected chi connectivity index (χ4v) is 3.05. The van der Waals surface area contributed by atoms with E-state index in [9.17, 15) is 4.79 Å². The molecule has 1 saturated heterocycles. The molecule has 1 fully saturated rings. The Hall–Kier alpha value is -2.45. The summed E-state index contributed by atoms with van der Waals surface area (Å²) in [5.74, 6) is 2.07. The molecule has 0 aliphatic carbocycles. The maximum Gasteiger partial charge on any atom is 0.317 e. The third kappa shape index (κ3) is 3.97. The highest BCUT2D eigenvalue weighted by Gasteiger charge is 2.28. The van der Waals surface area contributed by atoms with Crippen LogP contribution >= 0.6 is 0 Å². The maximum absolute atomic E-state index is 12.5. The fraction of sp³-hybridized carbons (Fsp3) is 0.688. The summed E-state index contributed by atoms with van der Waals surface area (Å²) >= 11 is 0. The second kappa shape index (κ2) is 6.81. The number of carbonyl (C=O) groups is 1. The minimum absolute atomic E-state index is 0.0962. The summed E-state index contributed by atoms with van der Waals surface area (Å²) in [7, 11) is 0. The van der Waals surface area contributed by atoms with Crippen molar-refractivity contribution >= 4 is 6.03 Å². The highest BCUT2D eigenvalue weighted by Crippen LogP contribution is 2.25. The molecule has 3 rings (SSSR count). The van der Waals surface area contributed by atoms with Crippen LogP contribution in [0.25, 0.3) is 0 Å². The first kappa shape index (κ1) is 17.4. The third-order valence-corrected chi connectivity index (χ3v) is 4.25. The van der Waals surface area contributed by atoms with Crippen LogP contribution in [-0.4, -0.2) is 48.9 Å². The van der Waals surface area contributed by atoms with Gasteiger partial charge in [0, 0.05) is 13.1 Å². The van der Waals surface area contributed by atoms with Crippen LogP contribution in [0.15, 0.2) is 10.9 Å². The number of carbonyl (C=O) groups excluding carboxylic acids is 1. The van der Waals surface area contributed by atoms with Crippen molar-refractivity contribution in [3.05, 3.63) is 23.9 Å². The van der Waals surface area contributed by atoms with Gasteiger partial charge in [0.15, 0.2) is 5.82 Å². The number of likely N-dealkylation sites (tertiary alicyclic amines) is 1. The molecule has 0 aromatic carbocycles. The number of nitrogens with one attached hydrogen (secondary N) is 1. The van der Waals surface area contributed by atoms with E-state index in [0.29, 0.717) is 24.8 Å². The number of hydrogen-bond acceptors (Lipinski definition) is 6.